The maximum absolute atomic E-state index is 11.3. The zero-order chi connectivity index (χ0) is 13.0. The number of carbonyl (C=O) groups excluding carboxylic acids is 1. The van der Waals surface area contributed by atoms with E-state index < -0.39 is 5.97 Å². The van der Waals surface area contributed by atoms with Gasteiger partial charge in [0, 0.05) is 25.2 Å². The van der Waals surface area contributed by atoms with E-state index in [4.69, 9.17) is 11.8 Å². The van der Waals surface area contributed by atoms with Crippen molar-refractivity contribution in [3.8, 4) is 0 Å². The molecule has 1 aliphatic rings. The van der Waals surface area contributed by atoms with Crippen LogP contribution in [0.1, 0.15) is 23.3 Å². The number of halogens is 1. The highest BCUT2D eigenvalue weighted by molar-refractivity contribution is 6.13. The standard InChI is InChI=1S/C11H15ClN4O2/c1-18-11(17)9-6-10(14-7-13-9)15-8-2-4-16(12)5-3-8/h6-8H,2-5H2,1H3,(H,13,14,15). The van der Waals surface area contributed by atoms with Crippen molar-refractivity contribution in [2.24, 2.45) is 0 Å². The number of aromatic nitrogens is 2. The molecule has 0 spiro atoms. The molecule has 2 rings (SSSR count). The molecule has 0 amide bonds. The fourth-order valence-electron chi connectivity index (χ4n) is 1.85. The van der Waals surface area contributed by atoms with Gasteiger partial charge in [-0.2, -0.15) is 0 Å². The van der Waals surface area contributed by atoms with Crippen LogP contribution < -0.4 is 5.32 Å². The van der Waals surface area contributed by atoms with Gasteiger partial charge in [0.05, 0.1) is 7.11 Å². The average molecular weight is 271 g/mol. The molecule has 98 valence electrons. The molecule has 7 heteroatoms. The lowest BCUT2D eigenvalue weighted by Gasteiger charge is -2.27. The van der Waals surface area contributed by atoms with E-state index in [2.05, 4.69) is 20.0 Å². The first-order valence-corrected chi connectivity index (χ1v) is 6.10. The highest BCUT2D eigenvalue weighted by atomic mass is 35.5. The van der Waals surface area contributed by atoms with Gasteiger partial charge in [-0.1, -0.05) is 0 Å². The number of hydrogen-bond donors (Lipinski definition) is 1. The van der Waals surface area contributed by atoms with Crippen LogP contribution in [0.4, 0.5) is 5.82 Å². The number of piperidine rings is 1. The topological polar surface area (TPSA) is 67.3 Å². The quantitative estimate of drug-likeness (QED) is 0.659. The Bertz CT molecular complexity index is 421. The zero-order valence-corrected chi connectivity index (χ0v) is 10.9. The summed E-state index contributed by atoms with van der Waals surface area (Å²) >= 11 is 5.89. The molecule has 0 atom stereocenters. The summed E-state index contributed by atoms with van der Waals surface area (Å²) in [6.07, 6.45) is 3.24. The minimum atomic E-state index is -0.462. The molecule has 0 radical (unpaired) electrons. The van der Waals surface area contributed by atoms with Gasteiger partial charge in [0.2, 0.25) is 0 Å². The summed E-state index contributed by atoms with van der Waals surface area (Å²) in [5, 5.41) is 3.28. The lowest BCUT2D eigenvalue weighted by Crippen LogP contribution is -2.34. The van der Waals surface area contributed by atoms with Crippen LogP contribution in [0.5, 0.6) is 0 Å². The van der Waals surface area contributed by atoms with E-state index in [1.54, 1.807) is 10.5 Å². The van der Waals surface area contributed by atoms with E-state index in [9.17, 15) is 4.79 Å². The van der Waals surface area contributed by atoms with Crippen molar-refractivity contribution < 1.29 is 9.53 Å². The normalized spacial score (nSPS) is 17.4. The van der Waals surface area contributed by atoms with Crippen LogP contribution in [-0.4, -0.2) is 46.6 Å². The maximum atomic E-state index is 11.3. The van der Waals surface area contributed by atoms with Crippen molar-refractivity contribution in [1.82, 2.24) is 14.4 Å². The van der Waals surface area contributed by atoms with E-state index in [1.807, 2.05) is 0 Å². The molecule has 1 fully saturated rings. The third kappa shape index (κ3) is 3.30. The Kier molecular flexibility index (Phi) is 4.33. The second-order valence-corrected chi connectivity index (χ2v) is 4.59. The number of anilines is 1. The number of methoxy groups -OCH3 is 1. The van der Waals surface area contributed by atoms with Crippen molar-refractivity contribution in [3.63, 3.8) is 0 Å². The van der Waals surface area contributed by atoms with Crippen molar-refractivity contribution >= 4 is 23.6 Å². The minimum absolute atomic E-state index is 0.254. The molecule has 1 saturated heterocycles. The minimum Gasteiger partial charge on any atom is -0.464 e. The van der Waals surface area contributed by atoms with Crippen LogP contribution in [-0.2, 0) is 4.74 Å². The molecule has 0 unspecified atom stereocenters. The Morgan fingerprint density at radius 2 is 2.22 bits per heavy atom. The van der Waals surface area contributed by atoms with E-state index in [1.165, 1.54) is 13.4 Å². The number of carbonyl (C=O) groups is 1. The highest BCUT2D eigenvalue weighted by Gasteiger charge is 2.18. The van der Waals surface area contributed by atoms with E-state index >= 15 is 0 Å². The lowest BCUT2D eigenvalue weighted by atomic mass is 10.1. The molecule has 0 aromatic carbocycles. The molecule has 6 nitrogen and oxygen atoms in total. The zero-order valence-electron chi connectivity index (χ0n) is 10.1. The van der Waals surface area contributed by atoms with Gasteiger partial charge < -0.3 is 10.1 Å². The summed E-state index contributed by atoms with van der Waals surface area (Å²) in [6.45, 7) is 1.68. The van der Waals surface area contributed by atoms with Crippen molar-refractivity contribution in [1.29, 1.82) is 0 Å². The second kappa shape index (κ2) is 5.97. The molecule has 2 heterocycles. The largest absolute Gasteiger partial charge is 0.464 e. The first-order chi connectivity index (χ1) is 8.69. The van der Waals surface area contributed by atoms with Crippen LogP contribution in [0, 0.1) is 0 Å². The smallest absolute Gasteiger partial charge is 0.356 e. The predicted molar refractivity (Wildman–Crippen MR) is 67.4 cm³/mol. The first-order valence-electron chi connectivity index (χ1n) is 5.76. The van der Waals surface area contributed by atoms with Crippen molar-refractivity contribution in [3.05, 3.63) is 18.1 Å². The van der Waals surface area contributed by atoms with Crippen LogP contribution >= 0.6 is 11.8 Å². The average Bonchev–Trinajstić information content (AvgIpc) is 2.41. The molecule has 1 aromatic heterocycles. The third-order valence-corrected chi connectivity index (χ3v) is 3.19. The molecule has 1 aliphatic heterocycles. The maximum Gasteiger partial charge on any atom is 0.356 e. The highest BCUT2D eigenvalue weighted by Crippen LogP contribution is 2.16. The summed E-state index contributed by atoms with van der Waals surface area (Å²) in [6, 6.07) is 1.92. The summed E-state index contributed by atoms with van der Waals surface area (Å²) in [7, 11) is 1.33. The number of esters is 1. The Hall–Kier alpha value is -1.40. The predicted octanol–water partition coefficient (Wildman–Crippen LogP) is 1.29. The van der Waals surface area contributed by atoms with Gasteiger partial charge in [-0.15, -0.1) is 0 Å². The SMILES string of the molecule is COC(=O)c1cc(NC2CCN(Cl)CC2)ncn1. The number of rotatable bonds is 3. The van der Waals surface area contributed by atoms with Crippen molar-refractivity contribution in [2.45, 2.75) is 18.9 Å². The summed E-state index contributed by atoms with van der Waals surface area (Å²) in [5.41, 5.74) is 0.254. The fraction of sp³-hybridized carbons (Fsp3) is 0.545. The molecule has 18 heavy (non-hydrogen) atoms. The van der Waals surface area contributed by atoms with E-state index in [0.29, 0.717) is 11.9 Å². The second-order valence-electron chi connectivity index (χ2n) is 4.11. The molecule has 1 N–H and O–H groups in total. The monoisotopic (exact) mass is 270 g/mol. The van der Waals surface area contributed by atoms with Gasteiger partial charge in [0.25, 0.3) is 0 Å². The summed E-state index contributed by atoms with van der Waals surface area (Å²) < 4.78 is 6.39. The molecular formula is C11H15ClN4O2. The molecule has 1 aromatic rings. The van der Waals surface area contributed by atoms with Gasteiger partial charge in [0.15, 0.2) is 5.69 Å². The Morgan fingerprint density at radius 1 is 1.50 bits per heavy atom. The molecule has 0 aliphatic carbocycles. The van der Waals surface area contributed by atoms with Crippen LogP contribution in [0.25, 0.3) is 0 Å². The Morgan fingerprint density at radius 3 is 2.89 bits per heavy atom. The lowest BCUT2D eigenvalue weighted by molar-refractivity contribution is 0.0594. The fourth-order valence-corrected chi connectivity index (χ4v) is 2.05. The number of nitrogens with zero attached hydrogens (tertiary/aromatic N) is 3. The van der Waals surface area contributed by atoms with Gasteiger partial charge in [-0.05, 0) is 24.6 Å². The van der Waals surface area contributed by atoms with Crippen LogP contribution in [0.15, 0.2) is 12.4 Å². The number of ether oxygens (including phenoxy) is 1. The van der Waals surface area contributed by atoms with Gasteiger partial charge in [-0.3, -0.25) is 0 Å². The van der Waals surface area contributed by atoms with Gasteiger partial charge in [-0.25, -0.2) is 19.2 Å². The number of nitrogens with one attached hydrogen (secondary N) is 1. The number of hydrogen-bond acceptors (Lipinski definition) is 6. The molecule has 0 bridgehead atoms. The Balaban J connectivity index is 1.99. The van der Waals surface area contributed by atoms with E-state index in [0.717, 1.165) is 25.9 Å². The summed E-state index contributed by atoms with van der Waals surface area (Å²) in [5.74, 6) is 0.175. The molecule has 0 saturated carbocycles. The van der Waals surface area contributed by atoms with Gasteiger partial charge in [0.1, 0.15) is 12.1 Å². The third-order valence-electron chi connectivity index (χ3n) is 2.85. The summed E-state index contributed by atoms with van der Waals surface area (Å²) in [4.78, 5) is 19.3. The first kappa shape index (κ1) is 13.0. The van der Waals surface area contributed by atoms with E-state index in [-0.39, 0.29) is 5.69 Å². The van der Waals surface area contributed by atoms with Gasteiger partial charge >= 0.3 is 5.97 Å². The van der Waals surface area contributed by atoms with Crippen molar-refractivity contribution in [2.75, 3.05) is 25.5 Å². The Labute approximate surface area is 110 Å². The van der Waals surface area contributed by atoms with Crippen LogP contribution in [0.2, 0.25) is 0 Å². The molecular weight excluding hydrogens is 256 g/mol. The van der Waals surface area contributed by atoms with Crippen LogP contribution in [0.3, 0.4) is 0 Å².